The van der Waals surface area contributed by atoms with Gasteiger partial charge in [-0.05, 0) is 56.6 Å². The van der Waals surface area contributed by atoms with Crippen LogP contribution < -0.4 is 24.4 Å². The Morgan fingerprint density at radius 1 is 1.15 bits per heavy atom. The van der Waals surface area contributed by atoms with Gasteiger partial charge in [0.2, 0.25) is 16.0 Å². The minimum absolute atomic E-state index is 0.0402. The highest BCUT2D eigenvalue weighted by Gasteiger charge is 2.43. The monoisotopic (exact) mass is 583 g/mol. The number of anilines is 1. The SMILES string of the molecule is CNS(=O)(=O)c1cccc(OCC(O)CNC2COC3(CCN(c4nccc(-c5cccc(OC)c5)n4)CC3)C2)c1. The molecule has 2 unspecified atom stereocenters. The summed E-state index contributed by atoms with van der Waals surface area (Å²) < 4.78 is 43.6. The molecule has 0 radical (unpaired) electrons. The van der Waals surface area contributed by atoms with Crippen molar-refractivity contribution in [3.05, 3.63) is 60.8 Å². The minimum Gasteiger partial charge on any atom is -0.497 e. The number of methoxy groups -OCH3 is 1. The first-order valence-corrected chi connectivity index (χ1v) is 15.2. The normalized spacial score (nSPS) is 19.3. The fourth-order valence-electron chi connectivity index (χ4n) is 5.29. The molecule has 2 atom stereocenters. The third-order valence-corrected chi connectivity index (χ3v) is 9.06. The van der Waals surface area contributed by atoms with Crippen molar-refractivity contribution in [1.29, 1.82) is 0 Å². The molecule has 0 saturated carbocycles. The Morgan fingerprint density at radius 2 is 1.93 bits per heavy atom. The van der Waals surface area contributed by atoms with Crippen molar-refractivity contribution in [2.45, 2.75) is 41.9 Å². The predicted octanol–water partition coefficient (Wildman–Crippen LogP) is 2.22. The van der Waals surface area contributed by atoms with Gasteiger partial charge in [-0.1, -0.05) is 18.2 Å². The minimum atomic E-state index is -3.56. The molecule has 2 aromatic carbocycles. The summed E-state index contributed by atoms with van der Waals surface area (Å²) in [6.45, 7) is 2.56. The van der Waals surface area contributed by atoms with E-state index in [1.165, 1.54) is 19.2 Å². The molecule has 0 aliphatic carbocycles. The lowest BCUT2D eigenvalue weighted by atomic mass is 9.87. The number of nitrogens with one attached hydrogen (secondary N) is 2. The number of hydrogen-bond donors (Lipinski definition) is 3. The van der Waals surface area contributed by atoms with Gasteiger partial charge < -0.3 is 29.5 Å². The first-order chi connectivity index (χ1) is 19.8. The van der Waals surface area contributed by atoms with E-state index >= 15 is 0 Å². The van der Waals surface area contributed by atoms with Crippen LogP contribution in [0.5, 0.6) is 11.5 Å². The van der Waals surface area contributed by atoms with Crippen molar-refractivity contribution >= 4 is 16.0 Å². The number of rotatable bonds is 11. The van der Waals surface area contributed by atoms with Crippen molar-refractivity contribution in [2.24, 2.45) is 0 Å². The van der Waals surface area contributed by atoms with Gasteiger partial charge in [0.1, 0.15) is 24.2 Å². The molecule has 5 rings (SSSR count). The van der Waals surface area contributed by atoms with Gasteiger partial charge in [0.05, 0.1) is 29.9 Å². The van der Waals surface area contributed by atoms with Crippen LogP contribution in [0.3, 0.4) is 0 Å². The van der Waals surface area contributed by atoms with Gasteiger partial charge in [-0.25, -0.2) is 23.1 Å². The van der Waals surface area contributed by atoms with E-state index in [1.807, 2.05) is 30.3 Å². The average molecular weight is 584 g/mol. The Balaban J connectivity index is 1.08. The van der Waals surface area contributed by atoms with E-state index < -0.39 is 16.1 Å². The quantitative estimate of drug-likeness (QED) is 0.308. The summed E-state index contributed by atoms with van der Waals surface area (Å²) in [5.41, 5.74) is 1.64. The summed E-state index contributed by atoms with van der Waals surface area (Å²) in [6, 6.07) is 16.1. The van der Waals surface area contributed by atoms with Crippen LogP contribution in [0.1, 0.15) is 19.3 Å². The van der Waals surface area contributed by atoms with E-state index in [4.69, 9.17) is 19.2 Å². The van der Waals surface area contributed by atoms with Gasteiger partial charge in [0.15, 0.2) is 0 Å². The Morgan fingerprint density at radius 3 is 2.71 bits per heavy atom. The second-order valence-corrected chi connectivity index (χ2v) is 12.3. The van der Waals surface area contributed by atoms with Gasteiger partial charge >= 0.3 is 0 Å². The van der Waals surface area contributed by atoms with Crippen molar-refractivity contribution in [2.75, 3.05) is 51.9 Å². The van der Waals surface area contributed by atoms with Gasteiger partial charge in [-0.3, -0.25) is 0 Å². The summed E-state index contributed by atoms with van der Waals surface area (Å²) in [7, 11) is -0.553. The molecule has 3 heterocycles. The number of nitrogens with zero attached hydrogens (tertiary/aromatic N) is 3. The average Bonchev–Trinajstić information content (AvgIpc) is 3.41. The van der Waals surface area contributed by atoms with E-state index in [-0.39, 0.29) is 23.1 Å². The summed E-state index contributed by atoms with van der Waals surface area (Å²) in [6.07, 6.45) is 3.64. The second kappa shape index (κ2) is 12.7. The third-order valence-electron chi connectivity index (χ3n) is 7.64. The van der Waals surface area contributed by atoms with Crippen LogP contribution in [-0.4, -0.2) is 88.2 Å². The highest BCUT2D eigenvalue weighted by molar-refractivity contribution is 7.89. The largest absolute Gasteiger partial charge is 0.497 e. The van der Waals surface area contributed by atoms with Gasteiger partial charge in [-0.2, -0.15) is 0 Å². The van der Waals surface area contributed by atoms with E-state index in [9.17, 15) is 13.5 Å². The van der Waals surface area contributed by atoms with E-state index in [0.717, 1.165) is 49.4 Å². The molecule has 11 nitrogen and oxygen atoms in total. The highest BCUT2D eigenvalue weighted by Crippen LogP contribution is 2.37. The van der Waals surface area contributed by atoms with Crippen molar-refractivity contribution in [1.82, 2.24) is 20.0 Å². The number of aliphatic hydroxyl groups excluding tert-OH is 1. The molecule has 2 saturated heterocycles. The molecule has 3 N–H and O–H groups in total. The fraction of sp³-hybridized carbons (Fsp3) is 0.448. The van der Waals surface area contributed by atoms with E-state index in [0.29, 0.717) is 24.8 Å². The zero-order chi connectivity index (χ0) is 28.9. The van der Waals surface area contributed by atoms with Crippen LogP contribution in [0.4, 0.5) is 5.95 Å². The molecule has 2 fully saturated rings. The Hall–Kier alpha value is -3.29. The summed E-state index contributed by atoms with van der Waals surface area (Å²) in [5.74, 6) is 1.88. The topological polar surface area (TPSA) is 135 Å². The summed E-state index contributed by atoms with van der Waals surface area (Å²) in [4.78, 5) is 11.7. The van der Waals surface area contributed by atoms with Crippen LogP contribution >= 0.6 is 0 Å². The Bertz CT molecular complexity index is 1430. The Kier molecular flexibility index (Phi) is 9.05. The van der Waals surface area contributed by atoms with Crippen molar-refractivity contribution in [3.8, 4) is 22.8 Å². The molecule has 0 amide bonds. The lowest BCUT2D eigenvalue weighted by Gasteiger charge is -2.38. The lowest BCUT2D eigenvalue weighted by Crippen LogP contribution is -2.45. The first-order valence-electron chi connectivity index (χ1n) is 13.7. The van der Waals surface area contributed by atoms with E-state index in [2.05, 4.69) is 19.9 Å². The molecule has 3 aromatic rings. The zero-order valence-electron chi connectivity index (χ0n) is 23.3. The summed E-state index contributed by atoms with van der Waals surface area (Å²) in [5, 5.41) is 13.9. The third kappa shape index (κ3) is 7.14. The number of hydrogen-bond acceptors (Lipinski definition) is 10. The number of benzene rings is 2. The molecule has 1 aromatic heterocycles. The van der Waals surface area contributed by atoms with Crippen molar-refractivity contribution in [3.63, 3.8) is 0 Å². The number of sulfonamides is 1. The molecule has 2 aliphatic rings. The fourth-order valence-corrected chi connectivity index (χ4v) is 6.05. The lowest BCUT2D eigenvalue weighted by molar-refractivity contribution is -0.0152. The molecular weight excluding hydrogens is 546 g/mol. The number of aliphatic hydroxyl groups is 1. The van der Waals surface area contributed by atoms with Gasteiger partial charge in [-0.15, -0.1) is 0 Å². The van der Waals surface area contributed by atoms with Crippen LogP contribution in [0.2, 0.25) is 0 Å². The maximum absolute atomic E-state index is 12.0. The van der Waals surface area contributed by atoms with Gasteiger partial charge in [0, 0.05) is 43.5 Å². The molecule has 0 bridgehead atoms. The van der Waals surface area contributed by atoms with Crippen LogP contribution in [0.25, 0.3) is 11.3 Å². The van der Waals surface area contributed by atoms with Crippen LogP contribution in [0, 0.1) is 0 Å². The van der Waals surface area contributed by atoms with E-state index in [1.54, 1.807) is 25.4 Å². The molecule has 2 aliphatic heterocycles. The Labute approximate surface area is 240 Å². The second-order valence-electron chi connectivity index (χ2n) is 10.4. The number of ether oxygens (including phenoxy) is 3. The predicted molar refractivity (Wildman–Crippen MR) is 155 cm³/mol. The number of aromatic nitrogens is 2. The van der Waals surface area contributed by atoms with Gasteiger partial charge in [0.25, 0.3) is 0 Å². The molecule has 220 valence electrons. The zero-order valence-corrected chi connectivity index (χ0v) is 24.1. The molecule has 12 heteroatoms. The molecular formula is C29H37N5O6S. The standard InChI is InChI=1S/C29H37N5O6S/c1-30-41(36,37)26-8-4-7-25(16-26)39-20-23(35)18-32-22-17-29(40-19-22)10-13-34(14-11-29)28-31-12-9-27(33-28)21-5-3-6-24(15-21)38-2/h3-9,12,15-16,22-23,30,32,35H,10-11,13-14,17-20H2,1-2H3. The maximum Gasteiger partial charge on any atom is 0.240 e. The molecule has 41 heavy (non-hydrogen) atoms. The number of piperidine rings is 1. The van der Waals surface area contributed by atoms with Crippen LogP contribution in [-0.2, 0) is 14.8 Å². The van der Waals surface area contributed by atoms with Crippen molar-refractivity contribution < 1.29 is 27.7 Å². The smallest absolute Gasteiger partial charge is 0.240 e. The van der Waals surface area contributed by atoms with Crippen LogP contribution in [0.15, 0.2) is 65.7 Å². The maximum atomic E-state index is 12.0. The highest BCUT2D eigenvalue weighted by atomic mass is 32.2. The molecule has 1 spiro atoms. The summed E-state index contributed by atoms with van der Waals surface area (Å²) >= 11 is 0. The first kappa shape index (κ1) is 29.2.